The van der Waals surface area contributed by atoms with Gasteiger partial charge in [-0.15, -0.1) is 0 Å². The summed E-state index contributed by atoms with van der Waals surface area (Å²) in [6.45, 7) is 8.29. The lowest BCUT2D eigenvalue weighted by molar-refractivity contribution is -0.128. The minimum absolute atomic E-state index is 0.0949. The van der Waals surface area contributed by atoms with Crippen LogP contribution in [-0.2, 0) is 17.8 Å². The second-order valence-electron chi connectivity index (χ2n) is 11.6. The van der Waals surface area contributed by atoms with E-state index in [0.29, 0.717) is 50.5 Å². The number of carbonyl (C=O) groups excluding carboxylic acids is 2. The Kier molecular flexibility index (Phi) is 9.13. The zero-order valence-electron chi connectivity index (χ0n) is 23.9. The number of anilines is 1. The van der Waals surface area contributed by atoms with Gasteiger partial charge in [-0.3, -0.25) is 9.59 Å². The van der Waals surface area contributed by atoms with Gasteiger partial charge in [0.15, 0.2) is 5.65 Å². The Labute approximate surface area is 248 Å². The SMILES string of the molecule is CCN(C)c1nc2nc(Cc3c(Cl)ccc(CNC(=O)C(C)(C)C)c3Cl)[nH]c2cc1C(=O)NC1CCC(F)(F)CC1. The number of rotatable bonds is 8. The van der Waals surface area contributed by atoms with E-state index >= 15 is 0 Å². The zero-order chi connectivity index (χ0) is 30.1. The molecule has 2 heterocycles. The predicted molar refractivity (Wildman–Crippen MR) is 158 cm³/mol. The number of fused-ring (bicyclic) bond motifs is 1. The highest BCUT2D eigenvalue weighted by Gasteiger charge is 2.35. The average Bonchev–Trinajstić information content (AvgIpc) is 3.31. The molecule has 1 fully saturated rings. The number of alkyl halides is 2. The molecule has 3 N–H and O–H groups in total. The van der Waals surface area contributed by atoms with Crippen molar-refractivity contribution in [3.05, 3.63) is 50.8 Å². The minimum atomic E-state index is -2.67. The molecule has 4 rings (SSSR count). The van der Waals surface area contributed by atoms with E-state index in [1.807, 2.05) is 39.6 Å². The first-order valence-electron chi connectivity index (χ1n) is 13.7. The fourth-order valence-electron chi connectivity index (χ4n) is 4.67. The summed E-state index contributed by atoms with van der Waals surface area (Å²) in [5, 5.41) is 6.71. The molecule has 1 saturated carbocycles. The third-order valence-corrected chi connectivity index (χ3v) is 8.19. The quantitative estimate of drug-likeness (QED) is 0.279. The molecule has 1 aliphatic rings. The van der Waals surface area contributed by atoms with E-state index in [1.165, 1.54) is 0 Å². The van der Waals surface area contributed by atoms with Crippen LogP contribution >= 0.6 is 23.2 Å². The van der Waals surface area contributed by atoms with Gasteiger partial charge in [-0.2, -0.15) is 0 Å². The summed E-state index contributed by atoms with van der Waals surface area (Å²) in [4.78, 5) is 40.0. The monoisotopic (exact) mass is 608 g/mol. The van der Waals surface area contributed by atoms with Crippen LogP contribution in [0.3, 0.4) is 0 Å². The highest BCUT2D eigenvalue weighted by Crippen LogP contribution is 2.34. The number of imidazole rings is 1. The van der Waals surface area contributed by atoms with Crippen LogP contribution in [-0.4, -0.2) is 52.3 Å². The largest absolute Gasteiger partial charge is 0.359 e. The van der Waals surface area contributed by atoms with Gasteiger partial charge in [0.25, 0.3) is 5.91 Å². The summed E-state index contributed by atoms with van der Waals surface area (Å²) in [7, 11) is 1.82. The van der Waals surface area contributed by atoms with Gasteiger partial charge in [0.05, 0.1) is 16.1 Å². The van der Waals surface area contributed by atoms with E-state index in [0.717, 1.165) is 5.56 Å². The lowest BCUT2D eigenvalue weighted by Crippen LogP contribution is -2.40. The molecule has 1 aliphatic carbocycles. The van der Waals surface area contributed by atoms with Crippen molar-refractivity contribution < 1.29 is 18.4 Å². The lowest BCUT2D eigenvalue weighted by Gasteiger charge is -2.29. The Morgan fingerprint density at radius 3 is 2.49 bits per heavy atom. The van der Waals surface area contributed by atoms with E-state index in [-0.39, 0.29) is 56.5 Å². The third-order valence-electron chi connectivity index (χ3n) is 7.37. The number of halogens is 4. The van der Waals surface area contributed by atoms with Crippen LogP contribution in [0, 0.1) is 5.41 Å². The number of hydrogen-bond donors (Lipinski definition) is 3. The second kappa shape index (κ2) is 12.1. The Morgan fingerprint density at radius 1 is 1.17 bits per heavy atom. The number of nitrogens with zero attached hydrogens (tertiary/aromatic N) is 3. The van der Waals surface area contributed by atoms with Crippen LogP contribution in [0.15, 0.2) is 18.2 Å². The summed E-state index contributed by atoms with van der Waals surface area (Å²) in [5.41, 5.74) is 2.15. The molecule has 41 heavy (non-hydrogen) atoms. The molecule has 222 valence electrons. The zero-order valence-corrected chi connectivity index (χ0v) is 25.4. The van der Waals surface area contributed by atoms with E-state index in [2.05, 4.69) is 25.6 Å². The molecule has 0 atom stereocenters. The highest BCUT2D eigenvalue weighted by atomic mass is 35.5. The predicted octanol–water partition coefficient (Wildman–Crippen LogP) is 6.28. The second-order valence-corrected chi connectivity index (χ2v) is 12.4. The Hall–Kier alpha value is -2.98. The standard InChI is InChI=1S/C29H36Cl2F2N6O2/c1-6-39(5)25-19(26(40)35-17-9-11-29(32,33)12-10-17)13-21-24(38-25)37-22(36-21)14-18-20(30)8-7-16(23(18)31)15-34-27(41)28(2,3)4/h7-8,13,17H,6,9-12,14-15H2,1-5H3,(H,34,41)(H,35,40)(H,36,37,38). The summed E-state index contributed by atoms with van der Waals surface area (Å²) in [5.74, 6) is -2.14. The number of aromatic amines is 1. The van der Waals surface area contributed by atoms with Crippen molar-refractivity contribution in [3.8, 4) is 0 Å². The maximum Gasteiger partial charge on any atom is 0.255 e. The van der Waals surface area contributed by atoms with Crippen molar-refractivity contribution in [3.63, 3.8) is 0 Å². The number of nitrogens with one attached hydrogen (secondary N) is 3. The number of carbonyl (C=O) groups is 2. The fourth-order valence-corrected chi connectivity index (χ4v) is 5.25. The molecule has 3 aromatic rings. The Bertz CT molecular complexity index is 1440. The fraction of sp³-hybridized carbons (Fsp3) is 0.517. The third kappa shape index (κ3) is 7.27. The molecular formula is C29H36Cl2F2N6O2. The molecular weight excluding hydrogens is 573 g/mol. The topological polar surface area (TPSA) is 103 Å². The molecule has 2 amide bonds. The highest BCUT2D eigenvalue weighted by molar-refractivity contribution is 6.36. The minimum Gasteiger partial charge on any atom is -0.359 e. The molecule has 0 bridgehead atoms. The molecule has 2 aromatic heterocycles. The number of aromatic nitrogens is 3. The summed E-state index contributed by atoms with van der Waals surface area (Å²) < 4.78 is 27.2. The van der Waals surface area contributed by atoms with Crippen molar-refractivity contribution in [2.45, 2.75) is 78.3 Å². The van der Waals surface area contributed by atoms with Crippen LogP contribution < -0.4 is 15.5 Å². The van der Waals surface area contributed by atoms with Gasteiger partial charge in [-0.1, -0.05) is 50.0 Å². The summed E-state index contributed by atoms with van der Waals surface area (Å²) >= 11 is 13.2. The first-order valence-corrected chi connectivity index (χ1v) is 14.5. The van der Waals surface area contributed by atoms with E-state index in [4.69, 9.17) is 23.2 Å². The van der Waals surface area contributed by atoms with Gasteiger partial charge in [-0.05, 0) is 43.0 Å². The van der Waals surface area contributed by atoms with Crippen LogP contribution in [0.5, 0.6) is 0 Å². The van der Waals surface area contributed by atoms with Gasteiger partial charge in [0.1, 0.15) is 11.6 Å². The molecule has 1 aromatic carbocycles. The molecule has 0 spiro atoms. The number of benzene rings is 1. The number of hydrogen-bond acceptors (Lipinski definition) is 5. The van der Waals surface area contributed by atoms with Crippen molar-refractivity contribution in [1.29, 1.82) is 0 Å². The average molecular weight is 610 g/mol. The maximum atomic E-state index is 13.6. The molecule has 0 unspecified atom stereocenters. The number of amides is 2. The van der Waals surface area contributed by atoms with Crippen molar-refractivity contribution in [1.82, 2.24) is 25.6 Å². The molecule has 0 saturated heterocycles. The summed E-state index contributed by atoms with van der Waals surface area (Å²) in [6, 6.07) is 4.89. The number of pyridine rings is 1. The van der Waals surface area contributed by atoms with Gasteiger partial charge in [0, 0.05) is 55.9 Å². The Morgan fingerprint density at radius 2 is 1.85 bits per heavy atom. The molecule has 0 aliphatic heterocycles. The van der Waals surface area contributed by atoms with Gasteiger partial charge < -0.3 is 20.5 Å². The smallest absolute Gasteiger partial charge is 0.255 e. The summed E-state index contributed by atoms with van der Waals surface area (Å²) in [6.07, 6.45) is 0.238. The van der Waals surface area contributed by atoms with E-state index < -0.39 is 11.3 Å². The maximum absolute atomic E-state index is 13.6. The first-order chi connectivity index (χ1) is 19.2. The molecule has 8 nitrogen and oxygen atoms in total. The lowest BCUT2D eigenvalue weighted by atomic mass is 9.92. The van der Waals surface area contributed by atoms with Crippen molar-refractivity contribution in [2.24, 2.45) is 5.41 Å². The van der Waals surface area contributed by atoms with Crippen LogP contribution in [0.4, 0.5) is 14.6 Å². The normalized spacial score (nSPS) is 15.6. The molecule has 0 radical (unpaired) electrons. The van der Waals surface area contributed by atoms with Gasteiger partial charge in [0.2, 0.25) is 11.8 Å². The number of H-pyrrole nitrogens is 1. The van der Waals surface area contributed by atoms with Crippen LogP contribution in [0.1, 0.15) is 80.7 Å². The Balaban J connectivity index is 1.59. The molecule has 12 heteroatoms. The van der Waals surface area contributed by atoms with Gasteiger partial charge in [-0.25, -0.2) is 18.7 Å². The van der Waals surface area contributed by atoms with Crippen LogP contribution in [0.25, 0.3) is 11.2 Å². The first kappa shape index (κ1) is 31.0. The van der Waals surface area contributed by atoms with Crippen LogP contribution in [0.2, 0.25) is 10.0 Å². The van der Waals surface area contributed by atoms with Crippen molar-refractivity contribution >= 4 is 52.0 Å². The van der Waals surface area contributed by atoms with E-state index in [9.17, 15) is 18.4 Å². The van der Waals surface area contributed by atoms with Crippen molar-refractivity contribution in [2.75, 3.05) is 18.5 Å². The van der Waals surface area contributed by atoms with E-state index in [1.54, 1.807) is 18.2 Å². The van der Waals surface area contributed by atoms with Gasteiger partial charge >= 0.3 is 0 Å².